The first-order valence-electron chi connectivity index (χ1n) is 9.37. The Kier molecular flexibility index (Phi) is 5.20. The fourth-order valence-electron chi connectivity index (χ4n) is 3.32. The number of ether oxygens (including phenoxy) is 1. The summed E-state index contributed by atoms with van der Waals surface area (Å²) in [5, 5.41) is 18.9. The topological polar surface area (TPSA) is 112 Å². The van der Waals surface area contributed by atoms with Crippen LogP contribution in [0.4, 0.5) is 5.69 Å². The number of aryl methyl sites for hydroxylation is 1. The van der Waals surface area contributed by atoms with Crippen molar-refractivity contribution >= 4 is 17.5 Å². The van der Waals surface area contributed by atoms with E-state index in [4.69, 9.17) is 9.26 Å². The molecule has 0 bridgehead atoms. The number of nitrogens with one attached hydrogen (secondary N) is 1. The molecule has 3 aromatic rings. The van der Waals surface area contributed by atoms with Crippen LogP contribution < -0.4 is 24.7 Å². The Morgan fingerprint density at radius 1 is 1.20 bits per heavy atom. The molecule has 1 unspecified atom stereocenters. The number of nitrogens with zero attached hydrogens (tertiary/aromatic N) is 3. The summed E-state index contributed by atoms with van der Waals surface area (Å²) in [6.07, 6.45) is 0.00865. The molecule has 154 valence electrons. The van der Waals surface area contributed by atoms with Crippen molar-refractivity contribution in [1.29, 1.82) is 0 Å². The molecular formula is C21H20N4O5. The van der Waals surface area contributed by atoms with Gasteiger partial charge in [0.05, 0.1) is 37.1 Å². The van der Waals surface area contributed by atoms with Crippen LogP contribution in [0.15, 0.2) is 53.1 Å². The van der Waals surface area contributed by atoms with E-state index in [1.165, 1.54) is 9.58 Å². The molecule has 2 aromatic carbocycles. The largest absolute Gasteiger partial charge is 0.539 e. The van der Waals surface area contributed by atoms with Gasteiger partial charge in [-0.05, 0) is 35.9 Å². The maximum atomic E-state index is 12.8. The number of rotatable bonds is 6. The van der Waals surface area contributed by atoms with Gasteiger partial charge in [-0.25, -0.2) is 4.90 Å². The maximum absolute atomic E-state index is 12.8. The third-order valence-corrected chi connectivity index (χ3v) is 4.97. The number of carbonyl (C=O) groups excluding carboxylic acids is 2. The second kappa shape index (κ2) is 7.96. The van der Waals surface area contributed by atoms with Crippen molar-refractivity contribution in [3.05, 3.63) is 59.8 Å². The molecule has 1 fully saturated rings. The molecule has 4 rings (SSSR count). The van der Waals surface area contributed by atoms with Gasteiger partial charge in [-0.1, -0.05) is 17.7 Å². The monoisotopic (exact) mass is 408 g/mol. The Morgan fingerprint density at radius 2 is 1.90 bits per heavy atom. The van der Waals surface area contributed by atoms with Crippen LogP contribution in [0.25, 0.3) is 5.69 Å². The van der Waals surface area contributed by atoms with Gasteiger partial charge in [-0.3, -0.25) is 14.9 Å². The molecule has 9 nitrogen and oxygen atoms in total. The Hall–Kier alpha value is -3.72. The SMILES string of the molecule is COc1ccc(-[n+]2noc([O-])c2CNC2CC(=O)N(c3ccc(C)cc3)C2=O)cc1. The summed E-state index contributed by atoms with van der Waals surface area (Å²) in [7, 11) is 1.56. The molecule has 2 amide bonds. The molecule has 0 spiro atoms. The first-order chi connectivity index (χ1) is 14.5. The molecule has 0 saturated carbocycles. The van der Waals surface area contributed by atoms with Crippen LogP contribution in [-0.4, -0.2) is 30.2 Å². The Labute approximate surface area is 172 Å². The number of methoxy groups -OCH3 is 1. The van der Waals surface area contributed by atoms with Crippen LogP contribution in [0, 0.1) is 6.92 Å². The summed E-state index contributed by atoms with van der Waals surface area (Å²) in [6, 6.07) is 13.3. The van der Waals surface area contributed by atoms with E-state index in [1.807, 2.05) is 19.1 Å². The molecule has 1 atom stereocenters. The number of anilines is 1. The van der Waals surface area contributed by atoms with Crippen molar-refractivity contribution in [2.45, 2.75) is 25.9 Å². The van der Waals surface area contributed by atoms with E-state index in [0.29, 0.717) is 17.1 Å². The fourth-order valence-corrected chi connectivity index (χ4v) is 3.32. The van der Waals surface area contributed by atoms with Crippen LogP contribution >= 0.6 is 0 Å². The summed E-state index contributed by atoms with van der Waals surface area (Å²) < 4.78 is 11.3. The Bertz CT molecular complexity index is 1080. The highest BCUT2D eigenvalue weighted by molar-refractivity contribution is 6.22. The number of carbonyl (C=O) groups is 2. The molecule has 9 heteroatoms. The quantitative estimate of drug-likeness (QED) is 0.473. The number of amides is 2. The van der Waals surface area contributed by atoms with Gasteiger partial charge in [0.1, 0.15) is 5.75 Å². The van der Waals surface area contributed by atoms with E-state index in [2.05, 4.69) is 10.6 Å². The third kappa shape index (κ3) is 3.62. The van der Waals surface area contributed by atoms with Crippen LogP contribution in [0.5, 0.6) is 11.7 Å². The van der Waals surface area contributed by atoms with Gasteiger partial charge in [0.2, 0.25) is 11.6 Å². The van der Waals surface area contributed by atoms with Gasteiger partial charge in [0.15, 0.2) is 5.95 Å². The van der Waals surface area contributed by atoms with Crippen LogP contribution in [0.1, 0.15) is 17.7 Å². The standard InChI is InChI=1S/C21H20N4O5/c1-13-3-5-14(6-4-13)24-19(26)11-17(20(24)27)22-12-18-21(28)30-23-25(18)15-7-9-16(29-2)10-8-15/h3-10,17,22H,11-12H2,1-2H3. The number of hydrogen-bond acceptors (Lipinski definition) is 7. The van der Waals surface area contributed by atoms with E-state index in [1.54, 1.807) is 43.5 Å². The minimum absolute atomic E-state index is 0.00865. The minimum atomic E-state index is -0.738. The van der Waals surface area contributed by atoms with Crippen molar-refractivity contribution in [3.8, 4) is 17.4 Å². The van der Waals surface area contributed by atoms with Crippen molar-refractivity contribution in [3.63, 3.8) is 0 Å². The van der Waals surface area contributed by atoms with E-state index in [0.717, 1.165) is 5.56 Å². The number of benzene rings is 2. The third-order valence-electron chi connectivity index (χ3n) is 4.97. The summed E-state index contributed by atoms with van der Waals surface area (Å²) in [5.41, 5.74) is 2.39. The van der Waals surface area contributed by atoms with E-state index in [-0.39, 0.29) is 30.5 Å². The van der Waals surface area contributed by atoms with Crippen LogP contribution in [0.2, 0.25) is 0 Å². The zero-order chi connectivity index (χ0) is 21.3. The lowest BCUT2D eigenvalue weighted by molar-refractivity contribution is -0.677. The molecule has 1 saturated heterocycles. The van der Waals surface area contributed by atoms with Gasteiger partial charge in [0.25, 0.3) is 11.6 Å². The predicted molar refractivity (Wildman–Crippen MR) is 103 cm³/mol. The lowest BCUT2D eigenvalue weighted by Crippen LogP contribution is -2.43. The molecule has 1 aromatic heterocycles. The van der Waals surface area contributed by atoms with Gasteiger partial charge in [-0.15, -0.1) is 0 Å². The van der Waals surface area contributed by atoms with Crippen LogP contribution in [-0.2, 0) is 16.1 Å². The zero-order valence-corrected chi connectivity index (χ0v) is 16.5. The van der Waals surface area contributed by atoms with Crippen LogP contribution in [0.3, 0.4) is 0 Å². The highest BCUT2D eigenvalue weighted by atomic mass is 16.6. The second-order valence-electron chi connectivity index (χ2n) is 6.96. The Balaban J connectivity index is 1.50. The van der Waals surface area contributed by atoms with Gasteiger partial charge in [-0.2, -0.15) is 0 Å². The van der Waals surface area contributed by atoms with Gasteiger partial charge < -0.3 is 14.4 Å². The highest BCUT2D eigenvalue weighted by Crippen LogP contribution is 2.23. The highest BCUT2D eigenvalue weighted by Gasteiger charge is 2.39. The molecule has 30 heavy (non-hydrogen) atoms. The summed E-state index contributed by atoms with van der Waals surface area (Å²) in [4.78, 5) is 26.4. The van der Waals surface area contributed by atoms with E-state index < -0.39 is 12.0 Å². The van der Waals surface area contributed by atoms with Crippen molar-refractivity contribution in [1.82, 2.24) is 10.6 Å². The van der Waals surface area contributed by atoms with Gasteiger partial charge in [0, 0.05) is 12.1 Å². The van der Waals surface area contributed by atoms with E-state index >= 15 is 0 Å². The molecular weight excluding hydrogens is 388 g/mol. The van der Waals surface area contributed by atoms with Gasteiger partial charge >= 0.3 is 0 Å². The zero-order valence-electron chi connectivity index (χ0n) is 16.5. The fraction of sp³-hybridized carbons (Fsp3) is 0.238. The van der Waals surface area contributed by atoms with Crippen molar-refractivity contribution in [2.24, 2.45) is 0 Å². The number of hydrogen-bond donors (Lipinski definition) is 1. The molecule has 1 aliphatic rings. The molecule has 2 heterocycles. The van der Waals surface area contributed by atoms with Crippen molar-refractivity contribution < 1.29 is 28.6 Å². The average Bonchev–Trinajstić information content (AvgIpc) is 3.26. The molecule has 1 N–H and O–H groups in total. The normalized spacial score (nSPS) is 16.3. The number of imide groups is 1. The first-order valence-corrected chi connectivity index (χ1v) is 9.37. The summed E-state index contributed by atoms with van der Waals surface area (Å²) in [6.45, 7) is 1.94. The second-order valence-corrected chi connectivity index (χ2v) is 6.96. The molecule has 1 aliphatic heterocycles. The Morgan fingerprint density at radius 3 is 2.57 bits per heavy atom. The smallest absolute Gasteiger partial charge is 0.253 e. The molecule has 0 aliphatic carbocycles. The lowest BCUT2D eigenvalue weighted by Gasteiger charge is -2.15. The average molecular weight is 408 g/mol. The minimum Gasteiger partial charge on any atom is -0.539 e. The lowest BCUT2D eigenvalue weighted by atomic mass is 10.2. The van der Waals surface area contributed by atoms with Crippen molar-refractivity contribution in [2.75, 3.05) is 12.0 Å². The summed E-state index contributed by atoms with van der Waals surface area (Å²) in [5.74, 6) is -0.609. The maximum Gasteiger partial charge on any atom is 0.253 e. The first kappa shape index (κ1) is 19.6. The predicted octanol–water partition coefficient (Wildman–Crippen LogP) is 0.764. The summed E-state index contributed by atoms with van der Waals surface area (Å²) >= 11 is 0. The molecule has 0 radical (unpaired) electrons. The number of aromatic nitrogens is 2. The van der Waals surface area contributed by atoms with E-state index in [9.17, 15) is 14.7 Å².